The normalized spacial score (nSPS) is 21.2. The van der Waals surface area contributed by atoms with E-state index < -0.39 is 15.5 Å². The molecule has 0 unspecified atom stereocenters. The molecule has 32 heavy (non-hydrogen) atoms. The Labute approximate surface area is 190 Å². The van der Waals surface area contributed by atoms with Gasteiger partial charge in [0.2, 0.25) is 0 Å². The third kappa shape index (κ3) is 5.68. The first-order valence-corrected chi connectivity index (χ1v) is 12.3. The van der Waals surface area contributed by atoms with Crippen molar-refractivity contribution in [2.24, 2.45) is 0 Å². The third-order valence-corrected chi connectivity index (χ3v) is 7.23. The fourth-order valence-corrected chi connectivity index (χ4v) is 4.97. The summed E-state index contributed by atoms with van der Waals surface area (Å²) in [6.07, 6.45) is 3.46. The lowest BCUT2D eigenvalue weighted by atomic mass is 9.69. The van der Waals surface area contributed by atoms with Gasteiger partial charge < -0.3 is 20.0 Å². The van der Waals surface area contributed by atoms with Crippen molar-refractivity contribution in [1.82, 2.24) is 0 Å². The minimum Gasteiger partial charge on any atom is -0.494 e. The van der Waals surface area contributed by atoms with Gasteiger partial charge in [-0.3, -0.25) is 4.18 Å². The standard InChI is InChI=1S/C24H31NO6S/c1-3-29-20-6-9-23(25)22(16-20)24(17-26)12-10-19(11-13-24)30-14-15-31-32(27,28)21-7-4-18(2)5-8-21/h4-9,16-17,19H,3,10-15,25H2,1-2H3. The maximum absolute atomic E-state index is 12.2. The van der Waals surface area contributed by atoms with Gasteiger partial charge in [0, 0.05) is 5.69 Å². The Balaban J connectivity index is 1.52. The average Bonchev–Trinajstić information content (AvgIpc) is 2.79. The summed E-state index contributed by atoms with van der Waals surface area (Å²) >= 11 is 0. The van der Waals surface area contributed by atoms with Crippen LogP contribution in [0.2, 0.25) is 0 Å². The zero-order valence-electron chi connectivity index (χ0n) is 18.6. The van der Waals surface area contributed by atoms with Crippen LogP contribution in [-0.2, 0) is 29.2 Å². The fourth-order valence-electron chi connectivity index (χ4n) is 4.08. The highest BCUT2D eigenvalue weighted by atomic mass is 32.2. The Kier molecular flexibility index (Phi) is 7.92. The molecule has 0 aliphatic heterocycles. The number of carbonyl (C=O) groups excluding carboxylic acids is 1. The SMILES string of the molecule is CCOc1ccc(N)c(C2(C=O)CCC(OCCOS(=O)(=O)c3ccc(C)cc3)CC2)c1. The monoisotopic (exact) mass is 461 g/mol. The highest BCUT2D eigenvalue weighted by Crippen LogP contribution is 2.42. The molecule has 0 spiro atoms. The van der Waals surface area contributed by atoms with Crippen molar-refractivity contribution in [3.63, 3.8) is 0 Å². The molecule has 0 heterocycles. The van der Waals surface area contributed by atoms with Crippen LogP contribution in [-0.4, -0.2) is 40.6 Å². The molecule has 0 aromatic heterocycles. The van der Waals surface area contributed by atoms with Crippen LogP contribution in [0.3, 0.4) is 0 Å². The van der Waals surface area contributed by atoms with Crippen molar-refractivity contribution < 1.29 is 26.9 Å². The minimum absolute atomic E-state index is 0.0606. The Bertz CT molecular complexity index is 1010. The van der Waals surface area contributed by atoms with E-state index in [1.807, 2.05) is 19.9 Å². The average molecular weight is 462 g/mol. The number of aryl methyl sites for hydroxylation is 1. The van der Waals surface area contributed by atoms with Gasteiger partial charge in [0.05, 0.1) is 36.2 Å². The quantitative estimate of drug-likeness (QED) is 0.248. The van der Waals surface area contributed by atoms with Crippen LogP contribution in [0.25, 0.3) is 0 Å². The Morgan fingerprint density at radius 3 is 2.41 bits per heavy atom. The van der Waals surface area contributed by atoms with Crippen LogP contribution in [0.5, 0.6) is 5.75 Å². The highest BCUT2D eigenvalue weighted by Gasteiger charge is 2.38. The van der Waals surface area contributed by atoms with Gasteiger partial charge in [-0.1, -0.05) is 17.7 Å². The van der Waals surface area contributed by atoms with E-state index in [0.29, 0.717) is 43.7 Å². The second kappa shape index (κ2) is 10.5. The molecule has 0 radical (unpaired) electrons. The molecule has 1 fully saturated rings. The second-order valence-electron chi connectivity index (χ2n) is 8.12. The number of nitrogen functional groups attached to an aromatic ring is 1. The molecule has 1 aliphatic carbocycles. The molecular weight excluding hydrogens is 430 g/mol. The van der Waals surface area contributed by atoms with Gasteiger partial charge in [-0.2, -0.15) is 8.42 Å². The maximum atomic E-state index is 12.2. The number of aldehydes is 1. The molecule has 2 N–H and O–H groups in total. The summed E-state index contributed by atoms with van der Waals surface area (Å²) in [6, 6.07) is 11.9. The molecule has 1 aliphatic rings. The van der Waals surface area contributed by atoms with Crippen molar-refractivity contribution >= 4 is 22.1 Å². The van der Waals surface area contributed by atoms with E-state index in [0.717, 1.165) is 17.4 Å². The van der Waals surface area contributed by atoms with Crippen LogP contribution in [0.15, 0.2) is 47.4 Å². The summed E-state index contributed by atoms with van der Waals surface area (Å²) in [5.74, 6) is 0.697. The van der Waals surface area contributed by atoms with Gasteiger partial charge in [-0.05, 0) is 75.4 Å². The smallest absolute Gasteiger partial charge is 0.297 e. The summed E-state index contributed by atoms with van der Waals surface area (Å²) < 4.78 is 41.0. The van der Waals surface area contributed by atoms with Crippen molar-refractivity contribution in [3.8, 4) is 5.75 Å². The van der Waals surface area contributed by atoms with Crippen LogP contribution in [0.1, 0.15) is 43.7 Å². The van der Waals surface area contributed by atoms with E-state index in [1.54, 1.807) is 24.3 Å². The molecule has 7 nitrogen and oxygen atoms in total. The molecule has 2 aromatic carbocycles. The number of hydrogen-bond acceptors (Lipinski definition) is 7. The van der Waals surface area contributed by atoms with Gasteiger partial charge in [0.1, 0.15) is 12.0 Å². The third-order valence-electron chi connectivity index (χ3n) is 5.91. The summed E-state index contributed by atoms with van der Waals surface area (Å²) in [7, 11) is -3.80. The van der Waals surface area contributed by atoms with E-state index in [4.69, 9.17) is 19.4 Å². The lowest BCUT2D eigenvalue weighted by molar-refractivity contribution is -0.115. The lowest BCUT2D eigenvalue weighted by Gasteiger charge is -2.37. The number of anilines is 1. The summed E-state index contributed by atoms with van der Waals surface area (Å²) in [5, 5.41) is 0. The zero-order chi connectivity index (χ0) is 23.2. The summed E-state index contributed by atoms with van der Waals surface area (Å²) in [5.41, 5.74) is 7.87. The summed E-state index contributed by atoms with van der Waals surface area (Å²) in [6.45, 7) is 4.43. The largest absolute Gasteiger partial charge is 0.494 e. The number of hydrogen-bond donors (Lipinski definition) is 1. The first-order valence-electron chi connectivity index (χ1n) is 10.9. The molecule has 1 saturated carbocycles. The van der Waals surface area contributed by atoms with Gasteiger partial charge in [0.25, 0.3) is 10.1 Å². The number of ether oxygens (including phenoxy) is 2. The van der Waals surface area contributed by atoms with Crippen molar-refractivity contribution in [1.29, 1.82) is 0 Å². The molecule has 3 rings (SSSR count). The van der Waals surface area contributed by atoms with Crippen LogP contribution < -0.4 is 10.5 Å². The van der Waals surface area contributed by atoms with Crippen molar-refractivity contribution in [2.75, 3.05) is 25.6 Å². The Morgan fingerprint density at radius 2 is 1.78 bits per heavy atom. The first kappa shape index (κ1) is 24.2. The number of nitrogens with two attached hydrogens (primary N) is 1. The topological polar surface area (TPSA) is 105 Å². The predicted octanol–water partition coefficient (Wildman–Crippen LogP) is 3.78. The predicted molar refractivity (Wildman–Crippen MR) is 122 cm³/mol. The Hall–Kier alpha value is -2.42. The van der Waals surface area contributed by atoms with Gasteiger partial charge in [-0.25, -0.2) is 0 Å². The van der Waals surface area contributed by atoms with E-state index in [1.165, 1.54) is 12.1 Å². The van der Waals surface area contributed by atoms with Crippen molar-refractivity contribution in [3.05, 3.63) is 53.6 Å². The molecule has 174 valence electrons. The lowest BCUT2D eigenvalue weighted by Crippen LogP contribution is -2.37. The second-order valence-corrected chi connectivity index (χ2v) is 9.73. The maximum Gasteiger partial charge on any atom is 0.297 e. The van der Waals surface area contributed by atoms with E-state index in [9.17, 15) is 13.2 Å². The van der Waals surface area contributed by atoms with Crippen molar-refractivity contribution in [2.45, 2.75) is 55.9 Å². The van der Waals surface area contributed by atoms with Crippen LogP contribution in [0.4, 0.5) is 5.69 Å². The molecular formula is C24H31NO6S. The van der Waals surface area contributed by atoms with Gasteiger partial charge in [-0.15, -0.1) is 0 Å². The molecule has 0 atom stereocenters. The first-order chi connectivity index (χ1) is 15.3. The van der Waals surface area contributed by atoms with E-state index in [2.05, 4.69) is 0 Å². The molecule has 0 saturated heterocycles. The van der Waals surface area contributed by atoms with E-state index in [-0.39, 0.29) is 24.2 Å². The molecule has 2 aromatic rings. The summed E-state index contributed by atoms with van der Waals surface area (Å²) in [4.78, 5) is 12.2. The number of benzene rings is 2. The van der Waals surface area contributed by atoms with Crippen LogP contribution in [0, 0.1) is 6.92 Å². The molecule has 8 heteroatoms. The molecule has 0 bridgehead atoms. The van der Waals surface area contributed by atoms with Gasteiger partial charge in [0.15, 0.2) is 0 Å². The minimum atomic E-state index is -3.80. The van der Waals surface area contributed by atoms with Crippen LogP contribution >= 0.6 is 0 Å². The van der Waals surface area contributed by atoms with Gasteiger partial charge >= 0.3 is 0 Å². The molecule has 0 amide bonds. The van der Waals surface area contributed by atoms with E-state index >= 15 is 0 Å². The highest BCUT2D eigenvalue weighted by molar-refractivity contribution is 7.86. The number of carbonyl (C=O) groups is 1. The Morgan fingerprint density at radius 1 is 1.09 bits per heavy atom. The number of rotatable bonds is 10. The zero-order valence-corrected chi connectivity index (χ0v) is 19.4. The fraction of sp³-hybridized carbons (Fsp3) is 0.458.